The number of hydrogen-bond acceptors (Lipinski definition) is 3. The van der Waals surface area contributed by atoms with Gasteiger partial charge in [-0.05, 0) is 76.9 Å². The third-order valence-corrected chi connectivity index (χ3v) is 12.3. The second-order valence-electron chi connectivity index (χ2n) is 16.1. The highest BCUT2D eigenvalue weighted by Gasteiger charge is 2.36. The van der Waals surface area contributed by atoms with Gasteiger partial charge in [0.15, 0.2) is 17.5 Å². The molecule has 0 aliphatic heterocycles. The van der Waals surface area contributed by atoms with E-state index in [1.54, 1.807) is 0 Å². The zero-order valence-electron chi connectivity index (χ0n) is 32.6. The molecule has 5 heteroatoms. The molecule has 1 aliphatic carbocycles. The van der Waals surface area contributed by atoms with Gasteiger partial charge in [0.2, 0.25) is 0 Å². The van der Waals surface area contributed by atoms with E-state index in [2.05, 4.69) is 193 Å². The lowest BCUT2D eigenvalue weighted by Crippen LogP contribution is -2.14. The lowest BCUT2D eigenvalue weighted by Gasteiger charge is -2.21. The summed E-state index contributed by atoms with van der Waals surface area (Å²) in [5, 5.41) is 4.93. The molecule has 1 aliphatic rings. The molecule has 0 bridgehead atoms. The first-order valence-corrected chi connectivity index (χ1v) is 20.2. The maximum atomic E-state index is 5.24. The molecule has 0 saturated carbocycles. The summed E-state index contributed by atoms with van der Waals surface area (Å²) >= 11 is 0. The third kappa shape index (κ3) is 5.08. The minimum Gasteiger partial charge on any atom is -0.309 e. The lowest BCUT2D eigenvalue weighted by atomic mass is 9.82. The van der Waals surface area contributed by atoms with Crippen molar-refractivity contribution in [2.24, 2.45) is 0 Å². The number of para-hydroxylation sites is 3. The highest BCUT2D eigenvalue weighted by molar-refractivity contribution is 6.12. The van der Waals surface area contributed by atoms with Crippen molar-refractivity contribution in [3.05, 3.63) is 199 Å². The molecule has 0 unspecified atom stereocenters. The van der Waals surface area contributed by atoms with Crippen LogP contribution < -0.4 is 0 Å². The molecule has 0 N–H and O–H groups in total. The Morgan fingerprint density at radius 1 is 0.339 bits per heavy atom. The van der Waals surface area contributed by atoms with E-state index < -0.39 is 0 Å². The maximum absolute atomic E-state index is 5.24. The summed E-state index contributed by atoms with van der Waals surface area (Å²) in [5.74, 6) is 1.87. The van der Waals surface area contributed by atoms with E-state index >= 15 is 0 Å². The third-order valence-electron chi connectivity index (χ3n) is 12.3. The van der Waals surface area contributed by atoms with Crippen molar-refractivity contribution in [2.75, 3.05) is 0 Å². The molecule has 59 heavy (non-hydrogen) atoms. The fraction of sp³-hybridized carbons (Fsp3) is 0.0556. The maximum Gasteiger partial charge on any atom is 0.164 e. The average Bonchev–Trinajstić information content (AvgIpc) is 3.89. The zero-order chi connectivity index (χ0) is 39.2. The van der Waals surface area contributed by atoms with Crippen LogP contribution in [0.3, 0.4) is 0 Å². The molecule has 0 radical (unpaired) electrons. The van der Waals surface area contributed by atoms with Crippen LogP contribution in [0.2, 0.25) is 0 Å². The summed E-state index contributed by atoms with van der Waals surface area (Å²) in [7, 11) is 0. The minimum atomic E-state index is -0.114. The molecule has 0 amide bonds. The molecule has 0 spiro atoms. The monoisotopic (exact) mass is 755 g/mol. The van der Waals surface area contributed by atoms with Gasteiger partial charge < -0.3 is 9.13 Å². The van der Waals surface area contributed by atoms with Crippen molar-refractivity contribution in [1.29, 1.82) is 0 Å². The number of rotatable bonds is 5. The number of fused-ring (bicyclic) bond motifs is 9. The molecule has 8 aromatic carbocycles. The highest BCUT2D eigenvalue weighted by atomic mass is 15.0. The molecular formula is C54H37N5. The van der Waals surface area contributed by atoms with Crippen molar-refractivity contribution in [3.63, 3.8) is 0 Å². The van der Waals surface area contributed by atoms with Crippen LogP contribution in [0.5, 0.6) is 0 Å². The second-order valence-corrected chi connectivity index (χ2v) is 16.1. The van der Waals surface area contributed by atoms with Crippen molar-refractivity contribution in [1.82, 2.24) is 24.1 Å². The fourth-order valence-corrected chi connectivity index (χ4v) is 9.56. The van der Waals surface area contributed by atoms with Crippen LogP contribution in [0, 0.1) is 0 Å². The SMILES string of the molecule is CC1(C)c2ccccc2-c2cc3c4ccccc4n(-c4cccc(-c5nc(-c6ccccc6)nc(-c6cccc(-n7c8ccccc8c8ccccc87)c6)n5)c4)c3cc21. The standard InChI is InChI=1S/C54H37N5/c1-54(2)45-26-10-6-22-39(45)43-32-44-42-25-9-13-29-49(42)59(50(44)33-46(43)54)38-21-15-19-36(31-38)53-56-51(34-16-4-3-5-17-34)55-52(57-53)35-18-14-20-37(30-35)58-47-27-11-7-23-40(47)41-24-8-12-28-48(41)58/h3-33H,1-2H3. The van der Waals surface area contributed by atoms with Gasteiger partial charge in [0.25, 0.3) is 0 Å². The summed E-state index contributed by atoms with van der Waals surface area (Å²) in [4.78, 5) is 15.5. The average molecular weight is 756 g/mol. The molecule has 11 aromatic rings. The largest absolute Gasteiger partial charge is 0.309 e. The van der Waals surface area contributed by atoms with E-state index in [1.165, 1.54) is 49.3 Å². The summed E-state index contributed by atoms with van der Waals surface area (Å²) < 4.78 is 4.74. The van der Waals surface area contributed by atoms with Gasteiger partial charge in [-0.2, -0.15) is 0 Å². The number of aromatic nitrogens is 5. The first-order valence-electron chi connectivity index (χ1n) is 20.2. The topological polar surface area (TPSA) is 48.5 Å². The Morgan fingerprint density at radius 2 is 0.797 bits per heavy atom. The van der Waals surface area contributed by atoms with Gasteiger partial charge in [-0.1, -0.05) is 147 Å². The first kappa shape index (κ1) is 33.5. The summed E-state index contributed by atoms with van der Waals surface area (Å²) in [6.45, 7) is 4.69. The minimum absolute atomic E-state index is 0.114. The molecule has 12 rings (SSSR count). The Balaban J connectivity index is 1.03. The van der Waals surface area contributed by atoms with Gasteiger partial charge in [-0.25, -0.2) is 15.0 Å². The van der Waals surface area contributed by atoms with Crippen LogP contribution in [0.15, 0.2) is 188 Å². The van der Waals surface area contributed by atoms with Crippen molar-refractivity contribution >= 4 is 43.6 Å². The van der Waals surface area contributed by atoms with E-state index in [4.69, 9.17) is 15.0 Å². The Bertz CT molecular complexity index is 3430. The summed E-state index contributed by atoms with van der Waals surface area (Å²) in [6.07, 6.45) is 0. The van der Waals surface area contributed by atoms with Gasteiger partial charge in [0.05, 0.1) is 22.1 Å². The van der Waals surface area contributed by atoms with E-state index in [1.807, 2.05) is 18.2 Å². The molecule has 3 heterocycles. The summed E-state index contributed by atoms with van der Waals surface area (Å²) in [6, 6.07) is 67.0. The lowest BCUT2D eigenvalue weighted by molar-refractivity contribution is 0.661. The quantitative estimate of drug-likeness (QED) is 0.176. The van der Waals surface area contributed by atoms with Gasteiger partial charge in [-0.3, -0.25) is 0 Å². The molecule has 5 nitrogen and oxygen atoms in total. The van der Waals surface area contributed by atoms with Gasteiger partial charge in [0, 0.05) is 55.0 Å². The van der Waals surface area contributed by atoms with Crippen LogP contribution in [-0.4, -0.2) is 24.1 Å². The van der Waals surface area contributed by atoms with Crippen molar-refractivity contribution in [3.8, 4) is 56.7 Å². The number of benzene rings is 8. The zero-order valence-corrected chi connectivity index (χ0v) is 32.6. The number of hydrogen-bond donors (Lipinski definition) is 0. The molecular weight excluding hydrogens is 719 g/mol. The predicted octanol–water partition coefficient (Wildman–Crippen LogP) is 13.4. The molecule has 0 fully saturated rings. The van der Waals surface area contributed by atoms with Crippen LogP contribution in [0.25, 0.3) is 100 Å². The van der Waals surface area contributed by atoms with E-state index in [0.29, 0.717) is 17.5 Å². The Labute approximate surface area is 341 Å². The normalized spacial score (nSPS) is 13.1. The predicted molar refractivity (Wildman–Crippen MR) is 242 cm³/mol. The smallest absolute Gasteiger partial charge is 0.164 e. The van der Waals surface area contributed by atoms with Crippen molar-refractivity contribution < 1.29 is 0 Å². The molecule has 0 saturated heterocycles. The van der Waals surface area contributed by atoms with Crippen LogP contribution in [0.4, 0.5) is 0 Å². The molecule has 0 atom stereocenters. The number of nitrogens with zero attached hydrogens (tertiary/aromatic N) is 5. The molecule has 278 valence electrons. The van der Waals surface area contributed by atoms with Gasteiger partial charge >= 0.3 is 0 Å². The van der Waals surface area contributed by atoms with Crippen LogP contribution >= 0.6 is 0 Å². The highest BCUT2D eigenvalue weighted by Crippen LogP contribution is 2.51. The van der Waals surface area contributed by atoms with E-state index in [9.17, 15) is 0 Å². The van der Waals surface area contributed by atoms with Crippen LogP contribution in [0.1, 0.15) is 25.0 Å². The molecule has 3 aromatic heterocycles. The summed E-state index contributed by atoms with van der Waals surface area (Å²) in [5.41, 5.74) is 14.8. The van der Waals surface area contributed by atoms with Gasteiger partial charge in [-0.15, -0.1) is 0 Å². The Kier molecular flexibility index (Phi) is 7.20. The van der Waals surface area contributed by atoms with E-state index in [-0.39, 0.29) is 5.41 Å². The van der Waals surface area contributed by atoms with E-state index in [0.717, 1.165) is 44.6 Å². The fourth-order valence-electron chi connectivity index (χ4n) is 9.56. The van der Waals surface area contributed by atoms with Gasteiger partial charge in [0.1, 0.15) is 0 Å². The second kappa shape index (κ2) is 12.7. The Hall–Kier alpha value is -7.63. The van der Waals surface area contributed by atoms with Crippen LogP contribution in [-0.2, 0) is 5.41 Å². The van der Waals surface area contributed by atoms with Crippen molar-refractivity contribution in [2.45, 2.75) is 19.3 Å². The Morgan fingerprint density at radius 3 is 1.39 bits per heavy atom. The first-order chi connectivity index (χ1) is 29.0.